The molecule has 1 N–H and O–H groups in total. The summed E-state index contributed by atoms with van der Waals surface area (Å²) in [4.78, 5) is 21.9. The lowest BCUT2D eigenvalue weighted by molar-refractivity contribution is -0.390. The summed E-state index contributed by atoms with van der Waals surface area (Å²) in [6.07, 6.45) is 2.25. The van der Waals surface area contributed by atoms with E-state index in [1.54, 1.807) is 6.92 Å². The minimum Gasteiger partial charge on any atom is -0.358 e. The van der Waals surface area contributed by atoms with Gasteiger partial charge in [-0.3, -0.25) is 4.79 Å². The number of carbonyl (C=O) groups excluding carboxylic acids is 1. The summed E-state index contributed by atoms with van der Waals surface area (Å²) in [5, 5.41) is 17.2. The molecule has 0 aliphatic heterocycles. The first-order valence-electron chi connectivity index (χ1n) is 5.56. The smallest absolute Gasteiger partial charge is 0.358 e. The van der Waals surface area contributed by atoms with Crippen LogP contribution in [0.2, 0.25) is 0 Å². The van der Waals surface area contributed by atoms with Gasteiger partial charge in [-0.25, -0.2) is 0 Å². The molecule has 1 aromatic rings. The fourth-order valence-electron chi connectivity index (χ4n) is 1.27. The van der Waals surface area contributed by atoms with E-state index >= 15 is 0 Å². The molecule has 100 valence electrons. The van der Waals surface area contributed by atoms with Gasteiger partial charge in [0.25, 0.3) is 0 Å². The lowest BCUT2D eigenvalue weighted by Crippen LogP contribution is -2.37. The molecule has 2 atom stereocenters. The van der Waals surface area contributed by atoms with Gasteiger partial charge in [0.05, 0.1) is 11.3 Å². The average molecular weight is 319 g/mol. The van der Waals surface area contributed by atoms with Crippen molar-refractivity contribution in [1.82, 2.24) is 15.1 Å². The molecular formula is C10H15BrN4O3. The molecule has 0 saturated carbocycles. The van der Waals surface area contributed by atoms with Gasteiger partial charge in [-0.2, -0.15) is 4.68 Å². The molecule has 1 rings (SSSR count). The lowest BCUT2D eigenvalue weighted by atomic mass is 10.2. The molecule has 0 aromatic carbocycles. The largest absolute Gasteiger partial charge is 0.404 e. The third kappa shape index (κ3) is 3.28. The molecule has 2 unspecified atom stereocenters. The third-order valence-corrected chi connectivity index (χ3v) is 3.18. The summed E-state index contributed by atoms with van der Waals surface area (Å²) < 4.78 is 1.54. The van der Waals surface area contributed by atoms with E-state index in [4.69, 9.17) is 0 Å². The van der Waals surface area contributed by atoms with Crippen LogP contribution in [0.15, 0.2) is 10.7 Å². The zero-order valence-corrected chi connectivity index (χ0v) is 12.0. The predicted molar refractivity (Wildman–Crippen MR) is 69.2 cm³/mol. The first-order chi connectivity index (χ1) is 8.36. The number of amides is 1. The van der Waals surface area contributed by atoms with E-state index in [0.717, 1.165) is 6.42 Å². The van der Waals surface area contributed by atoms with Gasteiger partial charge in [-0.15, -0.1) is 0 Å². The molecule has 1 aromatic heterocycles. The Balaban J connectivity index is 2.84. The van der Waals surface area contributed by atoms with Crippen molar-refractivity contribution in [2.75, 3.05) is 0 Å². The van der Waals surface area contributed by atoms with Crippen LogP contribution >= 0.6 is 15.9 Å². The van der Waals surface area contributed by atoms with Crippen LogP contribution in [0.4, 0.5) is 5.82 Å². The van der Waals surface area contributed by atoms with Crippen LogP contribution in [0, 0.1) is 10.1 Å². The van der Waals surface area contributed by atoms with Gasteiger partial charge in [0.1, 0.15) is 10.5 Å². The number of hydrogen-bond donors (Lipinski definition) is 1. The number of nitrogens with one attached hydrogen (secondary N) is 1. The maximum absolute atomic E-state index is 11.8. The molecule has 0 spiro atoms. The van der Waals surface area contributed by atoms with Gasteiger partial charge in [-0.05, 0) is 41.1 Å². The van der Waals surface area contributed by atoms with Crippen molar-refractivity contribution in [3.8, 4) is 0 Å². The highest BCUT2D eigenvalue weighted by atomic mass is 79.9. The van der Waals surface area contributed by atoms with E-state index in [2.05, 4.69) is 26.3 Å². The molecule has 0 fully saturated rings. The molecule has 0 aliphatic carbocycles. The Morgan fingerprint density at radius 1 is 1.67 bits per heavy atom. The van der Waals surface area contributed by atoms with Crippen LogP contribution in [0.25, 0.3) is 0 Å². The molecule has 1 amide bonds. The number of nitrogens with zero attached hydrogens (tertiary/aromatic N) is 3. The summed E-state index contributed by atoms with van der Waals surface area (Å²) >= 11 is 3.04. The summed E-state index contributed by atoms with van der Waals surface area (Å²) in [7, 11) is 0. The van der Waals surface area contributed by atoms with Gasteiger partial charge in [0.15, 0.2) is 0 Å². The topological polar surface area (TPSA) is 90.1 Å². The predicted octanol–water partition coefficient (Wildman–Crippen LogP) is 2.03. The molecule has 7 nitrogen and oxygen atoms in total. The number of nitro groups is 1. The Hall–Kier alpha value is -1.44. The highest BCUT2D eigenvalue weighted by Crippen LogP contribution is 2.24. The first-order valence-corrected chi connectivity index (χ1v) is 6.35. The van der Waals surface area contributed by atoms with Crippen molar-refractivity contribution in [2.24, 2.45) is 0 Å². The number of rotatable bonds is 5. The lowest BCUT2D eigenvalue weighted by Gasteiger charge is -2.14. The Morgan fingerprint density at radius 2 is 2.28 bits per heavy atom. The average Bonchev–Trinajstić information content (AvgIpc) is 2.70. The minimum absolute atomic E-state index is 0.0638. The first kappa shape index (κ1) is 14.6. The maximum Gasteiger partial charge on any atom is 0.404 e. The summed E-state index contributed by atoms with van der Waals surface area (Å²) in [6, 6.07) is -0.530. The standard InChI is InChI=1S/C10H15BrN4O3/c1-4-6(2)12-10(16)7(3)14-5-8(11)9(13-14)15(17)18/h5-7H,4H2,1-3H3,(H,12,16). The Labute approximate surface area is 113 Å². The van der Waals surface area contributed by atoms with Crippen molar-refractivity contribution in [1.29, 1.82) is 0 Å². The van der Waals surface area contributed by atoms with Gasteiger partial charge >= 0.3 is 5.82 Å². The summed E-state index contributed by atoms with van der Waals surface area (Å²) in [5.41, 5.74) is 0. The molecule has 18 heavy (non-hydrogen) atoms. The molecule has 0 radical (unpaired) electrons. The van der Waals surface area contributed by atoms with E-state index in [9.17, 15) is 14.9 Å². The van der Waals surface area contributed by atoms with Crippen molar-refractivity contribution in [2.45, 2.75) is 39.3 Å². The number of hydrogen-bond acceptors (Lipinski definition) is 4. The van der Waals surface area contributed by atoms with Crippen LogP contribution < -0.4 is 5.32 Å². The molecule has 0 aliphatic rings. The van der Waals surface area contributed by atoms with E-state index in [-0.39, 0.29) is 22.2 Å². The van der Waals surface area contributed by atoms with Crippen LogP contribution in [0.3, 0.4) is 0 Å². The number of halogens is 1. The van der Waals surface area contributed by atoms with Crippen LogP contribution in [0.5, 0.6) is 0 Å². The second-order valence-corrected chi connectivity index (χ2v) is 4.89. The van der Waals surface area contributed by atoms with Crippen molar-refractivity contribution in [3.63, 3.8) is 0 Å². The van der Waals surface area contributed by atoms with Crippen molar-refractivity contribution < 1.29 is 9.72 Å². The highest BCUT2D eigenvalue weighted by molar-refractivity contribution is 9.10. The van der Waals surface area contributed by atoms with E-state index in [1.807, 2.05) is 13.8 Å². The molecule has 0 saturated heterocycles. The Kier molecular flexibility index (Phi) is 4.83. The SMILES string of the molecule is CCC(C)NC(=O)C(C)n1cc(Br)c([N+](=O)[O-])n1. The van der Waals surface area contributed by atoms with Crippen LogP contribution in [-0.4, -0.2) is 26.7 Å². The molecule has 0 bridgehead atoms. The van der Waals surface area contributed by atoms with Crippen LogP contribution in [0.1, 0.15) is 33.2 Å². The zero-order valence-electron chi connectivity index (χ0n) is 10.4. The molecule has 1 heterocycles. The normalized spacial score (nSPS) is 14.0. The number of carbonyl (C=O) groups is 1. The molecule has 8 heteroatoms. The second-order valence-electron chi connectivity index (χ2n) is 4.03. The minimum atomic E-state index is -0.597. The Morgan fingerprint density at radius 3 is 2.72 bits per heavy atom. The van der Waals surface area contributed by atoms with E-state index < -0.39 is 11.0 Å². The fraction of sp³-hybridized carbons (Fsp3) is 0.600. The van der Waals surface area contributed by atoms with Crippen LogP contribution in [-0.2, 0) is 4.79 Å². The van der Waals surface area contributed by atoms with E-state index in [1.165, 1.54) is 10.9 Å². The van der Waals surface area contributed by atoms with Crippen molar-refractivity contribution in [3.05, 3.63) is 20.8 Å². The van der Waals surface area contributed by atoms with Gasteiger partial charge < -0.3 is 15.4 Å². The second kappa shape index (κ2) is 5.94. The maximum atomic E-state index is 11.8. The van der Waals surface area contributed by atoms with E-state index in [0.29, 0.717) is 0 Å². The highest BCUT2D eigenvalue weighted by Gasteiger charge is 2.25. The fourth-order valence-corrected chi connectivity index (χ4v) is 1.70. The number of aromatic nitrogens is 2. The summed E-state index contributed by atoms with van der Waals surface area (Å²) in [6.45, 7) is 5.50. The van der Waals surface area contributed by atoms with Gasteiger partial charge in [0.2, 0.25) is 5.91 Å². The monoisotopic (exact) mass is 318 g/mol. The quantitative estimate of drug-likeness (QED) is 0.664. The van der Waals surface area contributed by atoms with Gasteiger partial charge in [-0.1, -0.05) is 6.92 Å². The van der Waals surface area contributed by atoms with Crippen molar-refractivity contribution >= 4 is 27.7 Å². The zero-order chi connectivity index (χ0) is 13.9. The van der Waals surface area contributed by atoms with Gasteiger partial charge in [0, 0.05) is 6.04 Å². The summed E-state index contributed by atoms with van der Waals surface area (Å²) in [5.74, 6) is -0.507. The Bertz CT molecular complexity index is 460. The third-order valence-electron chi connectivity index (χ3n) is 2.62. The molecular weight excluding hydrogens is 304 g/mol.